The summed E-state index contributed by atoms with van der Waals surface area (Å²) in [6.45, 7) is 0. The first-order valence-electron chi connectivity index (χ1n) is 6.91. The first-order valence-corrected chi connectivity index (χ1v) is 8.37. The lowest BCUT2D eigenvalue weighted by atomic mass is 10.0. The summed E-state index contributed by atoms with van der Waals surface area (Å²) >= 11 is 8.39. The van der Waals surface area contributed by atoms with E-state index in [4.69, 9.17) is 11.6 Å². The topological polar surface area (TPSA) is 29.1 Å². The van der Waals surface area contributed by atoms with Gasteiger partial charge in [-0.2, -0.15) is 0 Å². The Hall–Kier alpha value is -0.290. The van der Waals surface area contributed by atoms with Crippen molar-refractivity contribution in [2.75, 3.05) is 5.32 Å². The zero-order valence-electron chi connectivity index (χ0n) is 10.4. The molecule has 1 aromatic rings. The third kappa shape index (κ3) is 1.92. The minimum Gasteiger partial charge on any atom is -0.325 e. The summed E-state index contributed by atoms with van der Waals surface area (Å²) in [4.78, 5) is 12.4. The van der Waals surface area contributed by atoms with Gasteiger partial charge in [0.25, 0.3) is 0 Å². The summed E-state index contributed by atoms with van der Waals surface area (Å²) in [6, 6.07) is 5.75. The fourth-order valence-electron chi connectivity index (χ4n) is 4.48. The second kappa shape index (κ2) is 4.35. The van der Waals surface area contributed by atoms with Crippen LogP contribution >= 0.6 is 34.2 Å². The van der Waals surface area contributed by atoms with Crippen LogP contribution < -0.4 is 5.32 Å². The predicted octanol–water partition coefficient (Wildman–Crippen LogP) is 4.18. The Morgan fingerprint density at radius 3 is 2.58 bits per heavy atom. The van der Waals surface area contributed by atoms with E-state index in [1.165, 1.54) is 19.3 Å². The largest absolute Gasteiger partial charge is 0.325 e. The van der Waals surface area contributed by atoms with Gasteiger partial charge in [-0.05, 0) is 83.7 Å². The van der Waals surface area contributed by atoms with Gasteiger partial charge in [-0.1, -0.05) is 11.6 Å². The van der Waals surface area contributed by atoms with E-state index in [1.54, 1.807) is 0 Å². The molecule has 3 saturated carbocycles. The second-order valence-corrected chi connectivity index (χ2v) is 7.78. The van der Waals surface area contributed by atoms with Gasteiger partial charge in [-0.3, -0.25) is 4.79 Å². The number of hydrogen-bond donors (Lipinski definition) is 1. The number of amides is 1. The van der Waals surface area contributed by atoms with Crippen LogP contribution in [-0.4, -0.2) is 5.91 Å². The van der Waals surface area contributed by atoms with Crippen molar-refractivity contribution in [3.63, 3.8) is 0 Å². The highest BCUT2D eigenvalue weighted by molar-refractivity contribution is 14.1. The molecule has 3 aliphatic rings. The van der Waals surface area contributed by atoms with E-state index in [1.807, 2.05) is 18.2 Å². The van der Waals surface area contributed by atoms with Crippen molar-refractivity contribution >= 4 is 45.8 Å². The monoisotopic (exact) mass is 387 g/mol. The highest BCUT2D eigenvalue weighted by Crippen LogP contribution is 2.69. The molecule has 19 heavy (non-hydrogen) atoms. The van der Waals surface area contributed by atoms with Crippen LogP contribution in [0.15, 0.2) is 18.2 Å². The quantitative estimate of drug-likeness (QED) is 0.758. The average molecular weight is 388 g/mol. The number of fused-ring (bicyclic) bond motifs is 5. The predicted molar refractivity (Wildman–Crippen MR) is 84.1 cm³/mol. The number of rotatable bonds is 2. The summed E-state index contributed by atoms with van der Waals surface area (Å²) in [7, 11) is 0. The molecular formula is C15H15ClINO. The standard InChI is InChI=1S/C15H15ClINO/c16-10-6-9(17)3-4-11(10)18-15(19)14-12-7-1-2-8(5-7)13(12)14/h3-4,6-8,12-14H,1-2,5H2,(H,18,19). The Kier molecular flexibility index (Phi) is 2.85. The zero-order valence-corrected chi connectivity index (χ0v) is 13.3. The Morgan fingerprint density at radius 2 is 1.95 bits per heavy atom. The van der Waals surface area contributed by atoms with Gasteiger partial charge in [0.05, 0.1) is 10.7 Å². The van der Waals surface area contributed by atoms with Crippen molar-refractivity contribution in [1.82, 2.24) is 0 Å². The third-order valence-corrected chi connectivity index (χ3v) is 6.21. The maximum Gasteiger partial charge on any atom is 0.228 e. The Labute approximate surface area is 131 Å². The van der Waals surface area contributed by atoms with Crippen LogP contribution in [0.4, 0.5) is 5.69 Å². The molecule has 0 heterocycles. The smallest absolute Gasteiger partial charge is 0.228 e. The number of halogens is 2. The number of carbonyl (C=O) groups excluding carboxylic acids is 1. The molecule has 4 atom stereocenters. The van der Waals surface area contributed by atoms with E-state index in [9.17, 15) is 4.79 Å². The minimum atomic E-state index is 0.190. The van der Waals surface area contributed by atoms with Gasteiger partial charge in [0.2, 0.25) is 5.91 Å². The van der Waals surface area contributed by atoms with Crippen molar-refractivity contribution in [1.29, 1.82) is 0 Å². The van der Waals surface area contributed by atoms with Gasteiger partial charge < -0.3 is 5.32 Å². The first-order chi connectivity index (χ1) is 9.15. The van der Waals surface area contributed by atoms with E-state index in [0.29, 0.717) is 16.9 Å². The minimum absolute atomic E-state index is 0.190. The van der Waals surface area contributed by atoms with Crippen molar-refractivity contribution in [2.45, 2.75) is 19.3 Å². The molecule has 0 aromatic heterocycles. The highest BCUT2D eigenvalue weighted by atomic mass is 127. The van der Waals surface area contributed by atoms with Crippen LogP contribution in [0.3, 0.4) is 0 Å². The SMILES string of the molecule is O=C(Nc1ccc(I)cc1Cl)C1C2C3CCC(C3)C12. The van der Waals surface area contributed by atoms with Gasteiger partial charge in [0.1, 0.15) is 0 Å². The highest BCUT2D eigenvalue weighted by Gasteiger charge is 2.67. The number of carbonyl (C=O) groups is 1. The number of hydrogen-bond acceptors (Lipinski definition) is 1. The normalized spacial score (nSPS) is 38.1. The van der Waals surface area contributed by atoms with E-state index in [0.717, 1.165) is 21.1 Å². The molecule has 3 fully saturated rings. The van der Waals surface area contributed by atoms with Gasteiger partial charge in [-0.15, -0.1) is 0 Å². The molecule has 0 radical (unpaired) electrons. The number of anilines is 1. The summed E-state index contributed by atoms with van der Waals surface area (Å²) < 4.78 is 1.09. The molecule has 4 unspecified atom stereocenters. The fourth-order valence-corrected chi connectivity index (χ4v) is 5.39. The Bertz CT molecular complexity index is 545. The molecule has 2 bridgehead atoms. The van der Waals surface area contributed by atoms with Crippen LogP contribution in [0.25, 0.3) is 0 Å². The molecule has 1 amide bonds. The lowest BCUT2D eigenvalue weighted by molar-refractivity contribution is -0.118. The van der Waals surface area contributed by atoms with Crippen LogP contribution in [0.2, 0.25) is 5.02 Å². The first kappa shape index (κ1) is 12.5. The van der Waals surface area contributed by atoms with Crippen LogP contribution in [0.5, 0.6) is 0 Å². The van der Waals surface area contributed by atoms with Gasteiger partial charge >= 0.3 is 0 Å². The summed E-state index contributed by atoms with van der Waals surface area (Å²) in [5, 5.41) is 3.66. The van der Waals surface area contributed by atoms with E-state index in [2.05, 4.69) is 27.9 Å². The number of nitrogens with one attached hydrogen (secondary N) is 1. The molecular weight excluding hydrogens is 373 g/mol. The van der Waals surface area contributed by atoms with E-state index in [-0.39, 0.29) is 11.8 Å². The number of benzene rings is 1. The molecule has 0 aliphatic heterocycles. The van der Waals surface area contributed by atoms with Gasteiger partial charge in [0.15, 0.2) is 0 Å². The maximum absolute atomic E-state index is 12.4. The van der Waals surface area contributed by atoms with Crippen molar-refractivity contribution in [3.8, 4) is 0 Å². The van der Waals surface area contributed by atoms with Crippen LogP contribution in [-0.2, 0) is 4.79 Å². The van der Waals surface area contributed by atoms with Gasteiger partial charge in [0, 0.05) is 9.49 Å². The lowest BCUT2D eigenvalue weighted by Crippen LogP contribution is -2.18. The lowest BCUT2D eigenvalue weighted by Gasteiger charge is -2.11. The molecule has 0 saturated heterocycles. The third-order valence-electron chi connectivity index (χ3n) is 5.23. The Morgan fingerprint density at radius 1 is 1.26 bits per heavy atom. The molecule has 1 N–H and O–H groups in total. The second-order valence-electron chi connectivity index (χ2n) is 6.13. The summed E-state index contributed by atoms with van der Waals surface area (Å²) in [6.07, 6.45) is 4.07. The summed E-state index contributed by atoms with van der Waals surface area (Å²) in [5.41, 5.74) is 0.754. The fraction of sp³-hybridized carbons (Fsp3) is 0.533. The van der Waals surface area contributed by atoms with Crippen molar-refractivity contribution in [3.05, 3.63) is 26.8 Å². The maximum atomic E-state index is 12.4. The van der Waals surface area contributed by atoms with Crippen LogP contribution in [0.1, 0.15) is 19.3 Å². The molecule has 1 aromatic carbocycles. The van der Waals surface area contributed by atoms with Crippen molar-refractivity contribution in [2.24, 2.45) is 29.6 Å². The van der Waals surface area contributed by atoms with E-state index >= 15 is 0 Å². The molecule has 3 aliphatic carbocycles. The molecule has 2 nitrogen and oxygen atoms in total. The molecule has 4 heteroatoms. The molecule has 100 valence electrons. The average Bonchev–Trinajstić information content (AvgIpc) is 2.82. The van der Waals surface area contributed by atoms with Gasteiger partial charge in [-0.25, -0.2) is 0 Å². The molecule has 4 rings (SSSR count). The molecule has 0 spiro atoms. The van der Waals surface area contributed by atoms with Crippen molar-refractivity contribution < 1.29 is 4.79 Å². The summed E-state index contributed by atoms with van der Waals surface area (Å²) in [5.74, 6) is 3.48. The Balaban J connectivity index is 1.48. The van der Waals surface area contributed by atoms with Crippen LogP contribution in [0, 0.1) is 33.2 Å². The van der Waals surface area contributed by atoms with E-state index < -0.39 is 0 Å². The zero-order chi connectivity index (χ0) is 13.1.